The van der Waals surface area contributed by atoms with Gasteiger partial charge in [-0.05, 0) is 30.7 Å². The number of halogens is 1. The molecule has 0 aliphatic heterocycles. The standard InChI is InChI=1S/C17H17FN4O3S/c1-2-3-7-15(23)20-17-14-9-13(10-19-16(14)21-22-17)26(24,25)12-6-4-5-11(18)8-12/h4-6,8-10H,2-3,7H2,1H3,(H2,19,20,21,22,23). The van der Waals surface area contributed by atoms with Crippen molar-refractivity contribution in [2.75, 3.05) is 5.32 Å². The van der Waals surface area contributed by atoms with E-state index in [1.807, 2.05) is 6.92 Å². The number of carbonyl (C=O) groups is 1. The molecule has 0 unspecified atom stereocenters. The lowest BCUT2D eigenvalue weighted by atomic mass is 10.2. The van der Waals surface area contributed by atoms with Crippen molar-refractivity contribution < 1.29 is 17.6 Å². The second-order valence-electron chi connectivity index (χ2n) is 5.75. The molecule has 26 heavy (non-hydrogen) atoms. The molecule has 0 atom stereocenters. The zero-order valence-electron chi connectivity index (χ0n) is 14.0. The first-order chi connectivity index (χ1) is 12.4. The van der Waals surface area contributed by atoms with Crippen molar-refractivity contribution in [3.8, 4) is 0 Å². The summed E-state index contributed by atoms with van der Waals surface area (Å²) >= 11 is 0. The van der Waals surface area contributed by atoms with Crippen LogP contribution in [0.2, 0.25) is 0 Å². The highest BCUT2D eigenvalue weighted by atomic mass is 32.2. The van der Waals surface area contributed by atoms with Gasteiger partial charge < -0.3 is 5.32 Å². The molecular weight excluding hydrogens is 359 g/mol. The number of anilines is 1. The lowest BCUT2D eigenvalue weighted by Gasteiger charge is -2.06. The fourth-order valence-electron chi connectivity index (χ4n) is 2.43. The number of H-pyrrole nitrogens is 1. The molecule has 2 N–H and O–H groups in total. The number of hydrogen-bond donors (Lipinski definition) is 2. The minimum atomic E-state index is -3.95. The van der Waals surface area contributed by atoms with Crippen LogP contribution >= 0.6 is 0 Å². The number of hydrogen-bond acceptors (Lipinski definition) is 5. The number of rotatable bonds is 6. The molecule has 0 bridgehead atoms. The van der Waals surface area contributed by atoms with Crippen LogP contribution in [0.1, 0.15) is 26.2 Å². The van der Waals surface area contributed by atoms with Crippen molar-refractivity contribution in [3.63, 3.8) is 0 Å². The van der Waals surface area contributed by atoms with Gasteiger partial charge in [-0.25, -0.2) is 17.8 Å². The van der Waals surface area contributed by atoms with Gasteiger partial charge in [-0.2, -0.15) is 5.10 Å². The Hall–Kier alpha value is -2.81. The van der Waals surface area contributed by atoms with Crippen molar-refractivity contribution in [1.82, 2.24) is 15.2 Å². The number of benzene rings is 1. The number of amides is 1. The Morgan fingerprint density at radius 3 is 2.81 bits per heavy atom. The van der Waals surface area contributed by atoms with E-state index in [1.54, 1.807) is 0 Å². The third-order valence-electron chi connectivity index (χ3n) is 3.82. The van der Waals surface area contributed by atoms with Gasteiger partial charge in [-0.1, -0.05) is 19.4 Å². The number of aromatic amines is 1. The molecule has 136 valence electrons. The Balaban J connectivity index is 1.98. The highest BCUT2D eigenvalue weighted by molar-refractivity contribution is 7.91. The van der Waals surface area contributed by atoms with E-state index in [-0.39, 0.29) is 27.2 Å². The molecule has 0 saturated carbocycles. The van der Waals surface area contributed by atoms with Gasteiger partial charge in [0, 0.05) is 12.6 Å². The second-order valence-corrected chi connectivity index (χ2v) is 7.70. The SMILES string of the molecule is CCCCC(=O)Nc1[nH]nc2ncc(S(=O)(=O)c3cccc(F)c3)cc12. The van der Waals surface area contributed by atoms with E-state index in [2.05, 4.69) is 20.5 Å². The molecule has 0 saturated heterocycles. The predicted molar refractivity (Wildman–Crippen MR) is 93.9 cm³/mol. The fourth-order valence-corrected chi connectivity index (χ4v) is 3.69. The van der Waals surface area contributed by atoms with Crippen LogP contribution in [0, 0.1) is 5.82 Å². The van der Waals surface area contributed by atoms with Crippen LogP contribution in [0.15, 0.2) is 46.3 Å². The maximum atomic E-state index is 13.4. The van der Waals surface area contributed by atoms with E-state index in [0.29, 0.717) is 11.8 Å². The predicted octanol–water partition coefficient (Wildman–Crippen LogP) is 3.06. The average Bonchev–Trinajstić information content (AvgIpc) is 3.02. The Kier molecular flexibility index (Phi) is 4.99. The van der Waals surface area contributed by atoms with Gasteiger partial charge in [0.1, 0.15) is 11.6 Å². The first kappa shape index (κ1) is 18.0. The summed E-state index contributed by atoms with van der Waals surface area (Å²) < 4.78 is 38.8. The number of fused-ring (bicyclic) bond motifs is 1. The number of pyridine rings is 1. The second kappa shape index (κ2) is 7.20. The first-order valence-corrected chi connectivity index (χ1v) is 9.54. The van der Waals surface area contributed by atoms with Crippen molar-refractivity contribution >= 4 is 32.6 Å². The smallest absolute Gasteiger partial charge is 0.225 e. The van der Waals surface area contributed by atoms with Gasteiger partial charge in [-0.3, -0.25) is 9.89 Å². The van der Waals surface area contributed by atoms with Crippen LogP contribution in [0.25, 0.3) is 11.0 Å². The van der Waals surface area contributed by atoms with Crippen LogP contribution in [-0.4, -0.2) is 29.5 Å². The largest absolute Gasteiger partial charge is 0.311 e. The van der Waals surface area contributed by atoms with E-state index >= 15 is 0 Å². The molecular formula is C17H17FN4O3S. The van der Waals surface area contributed by atoms with Gasteiger partial charge in [0.25, 0.3) is 0 Å². The average molecular weight is 376 g/mol. The minimum absolute atomic E-state index is 0.110. The highest BCUT2D eigenvalue weighted by Crippen LogP contribution is 2.26. The molecule has 7 nitrogen and oxygen atoms in total. The van der Waals surface area contributed by atoms with E-state index in [1.165, 1.54) is 24.3 Å². The molecule has 3 aromatic rings. The number of carbonyl (C=O) groups excluding carboxylic acids is 1. The van der Waals surface area contributed by atoms with E-state index in [9.17, 15) is 17.6 Å². The minimum Gasteiger partial charge on any atom is -0.311 e. The Bertz CT molecular complexity index is 1060. The molecule has 9 heteroatoms. The third-order valence-corrected chi connectivity index (χ3v) is 5.54. The van der Waals surface area contributed by atoms with Gasteiger partial charge in [-0.15, -0.1) is 0 Å². The molecule has 0 aliphatic carbocycles. The quantitative estimate of drug-likeness (QED) is 0.688. The van der Waals surface area contributed by atoms with Crippen LogP contribution in [0.3, 0.4) is 0 Å². The van der Waals surface area contributed by atoms with Gasteiger partial charge in [0.15, 0.2) is 5.65 Å². The summed E-state index contributed by atoms with van der Waals surface area (Å²) in [5.41, 5.74) is 0.272. The number of unbranched alkanes of at least 4 members (excludes halogenated alkanes) is 1. The number of sulfone groups is 1. The van der Waals surface area contributed by atoms with Crippen molar-refractivity contribution in [2.24, 2.45) is 0 Å². The van der Waals surface area contributed by atoms with Gasteiger partial charge in [0.2, 0.25) is 15.7 Å². The summed E-state index contributed by atoms with van der Waals surface area (Å²) in [7, 11) is -3.95. The number of nitrogens with one attached hydrogen (secondary N) is 2. The van der Waals surface area contributed by atoms with Gasteiger partial charge in [0.05, 0.1) is 15.2 Å². The zero-order valence-corrected chi connectivity index (χ0v) is 14.8. The van der Waals surface area contributed by atoms with Crippen LogP contribution in [0.5, 0.6) is 0 Å². The monoisotopic (exact) mass is 376 g/mol. The maximum absolute atomic E-state index is 13.4. The Morgan fingerprint density at radius 2 is 2.08 bits per heavy atom. The summed E-state index contributed by atoms with van der Waals surface area (Å²) in [6.45, 7) is 1.98. The van der Waals surface area contributed by atoms with Crippen LogP contribution < -0.4 is 5.32 Å². The summed E-state index contributed by atoms with van der Waals surface area (Å²) in [6.07, 6.45) is 3.14. The molecule has 2 aromatic heterocycles. The van der Waals surface area contributed by atoms with E-state index in [4.69, 9.17) is 0 Å². The van der Waals surface area contributed by atoms with Crippen molar-refractivity contribution in [1.29, 1.82) is 0 Å². The first-order valence-electron chi connectivity index (χ1n) is 8.06. The summed E-state index contributed by atoms with van der Waals surface area (Å²) in [5, 5.41) is 9.65. The molecule has 0 aliphatic rings. The van der Waals surface area contributed by atoms with Crippen LogP contribution in [0.4, 0.5) is 10.2 Å². The third kappa shape index (κ3) is 3.57. The van der Waals surface area contributed by atoms with Gasteiger partial charge >= 0.3 is 0 Å². The molecule has 3 rings (SSSR count). The summed E-state index contributed by atoms with van der Waals surface area (Å²) in [5.74, 6) is -0.562. The summed E-state index contributed by atoms with van der Waals surface area (Å²) in [6, 6.07) is 6.11. The number of aromatic nitrogens is 3. The molecule has 1 amide bonds. The molecule has 0 radical (unpaired) electrons. The Labute approximate surface area is 149 Å². The normalized spacial score (nSPS) is 11.6. The Morgan fingerprint density at radius 1 is 1.27 bits per heavy atom. The zero-order chi connectivity index (χ0) is 18.7. The van der Waals surface area contributed by atoms with Crippen molar-refractivity contribution in [2.45, 2.75) is 36.0 Å². The number of nitrogens with zero attached hydrogens (tertiary/aromatic N) is 2. The topological polar surface area (TPSA) is 105 Å². The van der Waals surface area contributed by atoms with Crippen LogP contribution in [-0.2, 0) is 14.6 Å². The molecule has 1 aromatic carbocycles. The molecule has 0 spiro atoms. The summed E-state index contributed by atoms with van der Waals surface area (Å²) in [4.78, 5) is 15.7. The highest BCUT2D eigenvalue weighted by Gasteiger charge is 2.21. The lowest BCUT2D eigenvalue weighted by molar-refractivity contribution is -0.116. The fraction of sp³-hybridized carbons (Fsp3) is 0.235. The van der Waals surface area contributed by atoms with E-state index in [0.717, 1.165) is 25.1 Å². The maximum Gasteiger partial charge on any atom is 0.225 e. The van der Waals surface area contributed by atoms with Crippen molar-refractivity contribution in [3.05, 3.63) is 42.3 Å². The molecule has 2 heterocycles. The lowest BCUT2D eigenvalue weighted by Crippen LogP contribution is -2.11. The van der Waals surface area contributed by atoms with E-state index < -0.39 is 15.7 Å². The molecule has 0 fully saturated rings.